The third-order valence-electron chi connectivity index (χ3n) is 5.76. The molecule has 4 rings (SSSR count). The molecule has 1 aliphatic heterocycles. The van der Waals surface area contributed by atoms with Crippen LogP contribution in [0.3, 0.4) is 0 Å². The molecule has 0 radical (unpaired) electrons. The fraction of sp³-hybridized carbons (Fsp3) is 0.318. The predicted molar refractivity (Wildman–Crippen MR) is 106 cm³/mol. The van der Waals surface area contributed by atoms with E-state index in [-0.39, 0.29) is 12.5 Å². The highest BCUT2D eigenvalue weighted by Gasteiger charge is 2.49. The molecule has 1 saturated heterocycles. The number of nitrogens with one attached hydrogen (secondary N) is 1. The van der Waals surface area contributed by atoms with E-state index in [0.29, 0.717) is 5.69 Å². The Bertz CT molecular complexity index is 957. The third kappa shape index (κ3) is 2.95. The van der Waals surface area contributed by atoms with E-state index >= 15 is 0 Å². The molecular weight excluding hydrogens is 354 g/mol. The van der Waals surface area contributed by atoms with Gasteiger partial charge in [0, 0.05) is 12.7 Å². The second-order valence-electron chi connectivity index (χ2n) is 7.57. The Balaban J connectivity index is 1.54. The van der Waals surface area contributed by atoms with Crippen molar-refractivity contribution in [1.29, 1.82) is 0 Å². The number of nitrogens with zero attached hydrogens (tertiary/aromatic N) is 2. The summed E-state index contributed by atoms with van der Waals surface area (Å²) < 4.78 is 0. The molecule has 28 heavy (non-hydrogen) atoms. The van der Waals surface area contributed by atoms with Gasteiger partial charge in [0.15, 0.2) is 0 Å². The minimum atomic E-state index is -1.15. The monoisotopic (exact) mass is 377 g/mol. The zero-order valence-electron chi connectivity index (χ0n) is 16.1. The molecule has 1 unspecified atom stereocenters. The van der Waals surface area contributed by atoms with E-state index in [4.69, 9.17) is 0 Å². The standard InChI is InChI=1S/C22H23N3O3/c1-22(17-12-11-15-7-6-8-16(15)13-17)20(27)25(21(28)23-22)14-19(26)24(2)18-9-4-3-5-10-18/h3-5,9-13H,6-8,14H2,1-2H3,(H,23,28). The lowest BCUT2D eigenvalue weighted by Gasteiger charge is -2.24. The summed E-state index contributed by atoms with van der Waals surface area (Å²) in [6, 6.07) is 14.6. The summed E-state index contributed by atoms with van der Waals surface area (Å²) in [6.45, 7) is 1.41. The number of benzene rings is 2. The molecule has 6 nitrogen and oxygen atoms in total. The van der Waals surface area contributed by atoms with Crippen LogP contribution in [0.1, 0.15) is 30.0 Å². The van der Waals surface area contributed by atoms with Crippen LogP contribution in [0.5, 0.6) is 0 Å². The van der Waals surface area contributed by atoms with Gasteiger partial charge in [0.25, 0.3) is 5.91 Å². The van der Waals surface area contributed by atoms with E-state index in [1.165, 1.54) is 16.0 Å². The third-order valence-corrected chi connectivity index (χ3v) is 5.76. The van der Waals surface area contributed by atoms with Crippen molar-refractivity contribution in [3.8, 4) is 0 Å². The first-order valence-electron chi connectivity index (χ1n) is 9.48. The number of urea groups is 1. The lowest BCUT2D eigenvalue weighted by atomic mass is 9.89. The largest absolute Gasteiger partial charge is 0.325 e. The van der Waals surface area contributed by atoms with Gasteiger partial charge < -0.3 is 10.2 Å². The van der Waals surface area contributed by atoms with Gasteiger partial charge in [0.2, 0.25) is 5.91 Å². The highest BCUT2D eigenvalue weighted by Crippen LogP contribution is 2.32. The van der Waals surface area contributed by atoms with Crippen LogP contribution >= 0.6 is 0 Å². The number of carbonyl (C=O) groups is 3. The zero-order chi connectivity index (χ0) is 19.9. The fourth-order valence-electron chi connectivity index (χ4n) is 3.96. The molecule has 0 bridgehead atoms. The number of hydrogen-bond acceptors (Lipinski definition) is 3. The van der Waals surface area contributed by atoms with Gasteiger partial charge in [-0.15, -0.1) is 0 Å². The van der Waals surface area contributed by atoms with Crippen LogP contribution in [0, 0.1) is 0 Å². The normalized spacial score (nSPS) is 20.9. The van der Waals surface area contributed by atoms with E-state index in [2.05, 4.69) is 5.32 Å². The summed E-state index contributed by atoms with van der Waals surface area (Å²) in [6.07, 6.45) is 3.16. The molecular formula is C22H23N3O3. The van der Waals surface area contributed by atoms with Gasteiger partial charge in [-0.05, 0) is 55.0 Å². The molecule has 0 spiro atoms. The summed E-state index contributed by atoms with van der Waals surface area (Å²) in [5, 5.41) is 2.79. The first-order valence-corrected chi connectivity index (χ1v) is 9.48. The molecule has 0 saturated carbocycles. The lowest BCUT2D eigenvalue weighted by Crippen LogP contribution is -2.43. The number of aryl methyl sites for hydroxylation is 2. The van der Waals surface area contributed by atoms with E-state index in [1.807, 2.05) is 36.4 Å². The van der Waals surface area contributed by atoms with Crippen LogP contribution in [0.2, 0.25) is 0 Å². The second-order valence-corrected chi connectivity index (χ2v) is 7.57. The highest BCUT2D eigenvalue weighted by atomic mass is 16.2. The predicted octanol–water partition coefficient (Wildman–Crippen LogP) is 2.61. The number of rotatable bonds is 4. The fourth-order valence-corrected chi connectivity index (χ4v) is 3.96. The Kier molecular flexibility index (Phi) is 4.41. The van der Waals surface area contributed by atoms with Gasteiger partial charge in [-0.2, -0.15) is 0 Å². The molecule has 144 valence electrons. The maximum Gasteiger partial charge on any atom is 0.325 e. The number of amides is 4. The molecule has 6 heteroatoms. The van der Waals surface area contributed by atoms with Crippen molar-refractivity contribution in [2.75, 3.05) is 18.5 Å². The van der Waals surface area contributed by atoms with Gasteiger partial charge in [-0.25, -0.2) is 4.79 Å². The number of para-hydroxylation sites is 1. The Morgan fingerprint density at radius 2 is 1.82 bits per heavy atom. The molecule has 4 amide bonds. The molecule has 1 N–H and O–H groups in total. The van der Waals surface area contributed by atoms with E-state index in [9.17, 15) is 14.4 Å². The highest BCUT2D eigenvalue weighted by molar-refractivity contribution is 6.10. The Morgan fingerprint density at radius 3 is 2.57 bits per heavy atom. The summed E-state index contributed by atoms with van der Waals surface area (Å²) in [4.78, 5) is 40.7. The van der Waals surface area contributed by atoms with Crippen LogP contribution in [0.4, 0.5) is 10.5 Å². The van der Waals surface area contributed by atoms with E-state index in [1.54, 1.807) is 26.1 Å². The van der Waals surface area contributed by atoms with Crippen molar-refractivity contribution in [2.24, 2.45) is 0 Å². The summed E-state index contributed by atoms with van der Waals surface area (Å²) in [5.41, 5.74) is 2.86. The number of imide groups is 1. The molecule has 1 fully saturated rings. The van der Waals surface area contributed by atoms with Crippen LogP contribution < -0.4 is 10.2 Å². The van der Waals surface area contributed by atoms with Crippen molar-refractivity contribution >= 4 is 23.5 Å². The van der Waals surface area contributed by atoms with Gasteiger partial charge in [-0.3, -0.25) is 14.5 Å². The average molecular weight is 377 g/mol. The lowest BCUT2D eigenvalue weighted by molar-refractivity contribution is -0.134. The second kappa shape index (κ2) is 6.78. The van der Waals surface area contributed by atoms with Gasteiger partial charge >= 0.3 is 6.03 Å². The maximum absolute atomic E-state index is 13.1. The molecule has 2 aliphatic rings. The van der Waals surface area contributed by atoms with Crippen molar-refractivity contribution in [2.45, 2.75) is 31.7 Å². The Morgan fingerprint density at radius 1 is 1.11 bits per heavy atom. The van der Waals surface area contributed by atoms with E-state index in [0.717, 1.165) is 29.7 Å². The van der Waals surface area contributed by atoms with Crippen LogP contribution in [-0.4, -0.2) is 36.3 Å². The van der Waals surface area contributed by atoms with Crippen LogP contribution in [-0.2, 0) is 28.0 Å². The molecule has 2 aromatic carbocycles. The first-order chi connectivity index (χ1) is 13.4. The van der Waals surface area contributed by atoms with Gasteiger partial charge in [-0.1, -0.05) is 36.4 Å². The van der Waals surface area contributed by atoms with Crippen molar-refractivity contribution in [3.05, 3.63) is 65.2 Å². The van der Waals surface area contributed by atoms with Crippen molar-refractivity contribution in [1.82, 2.24) is 10.2 Å². The number of likely N-dealkylation sites (N-methyl/N-ethyl adjacent to an activating group) is 1. The topological polar surface area (TPSA) is 69.7 Å². The van der Waals surface area contributed by atoms with Crippen molar-refractivity contribution < 1.29 is 14.4 Å². The summed E-state index contributed by atoms with van der Waals surface area (Å²) >= 11 is 0. The Labute approximate surface area is 164 Å². The van der Waals surface area contributed by atoms with Crippen LogP contribution in [0.15, 0.2) is 48.5 Å². The smallest absolute Gasteiger partial charge is 0.319 e. The van der Waals surface area contributed by atoms with Crippen LogP contribution in [0.25, 0.3) is 0 Å². The minimum absolute atomic E-state index is 0.295. The first kappa shape index (κ1) is 18.2. The average Bonchev–Trinajstić information content (AvgIpc) is 3.26. The quantitative estimate of drug-likeness (QED) is 0.833. The zero-order valence-corrected chi connectivity index (χ0v) is 16.1. The number of hydrogen-bond donors (Lipinski definition) is 1. The maximum atomic E-state index is 13.1. The molecule has 1 heterocycles. The van der Waals surface area contributed by atoms with E-state index < -0.39 is 17.5 Å². The van der Waals surface area contributed by atoms with Gasteiger partial charge in [0.1, 0.15) is 12.1 Å². The molecule has 0 aromatic heterocycles. The number of fused-ring (bicyclic) bond motifs is 1. The number of carbonyl (C=O) groups excluding carboxylic acids is 3. The molecule has 1 atom stereocenters. The minimum Gasteiger partial charge on any atom is -0.319 e. The Hall–Kier alpha value is -3.15. The molecule has 2 aromatic rings. The van der Waals surface area contributed by atoms with Crippen molar-refractivity contribution in [3.63, 3.8) is 0 Å². The summed E-state index contributed by atoms with van der Waals surface area (Å²) in [7, 11) is 1.63. The van der Waals surface area contributed by atoms with Gasteiger partial charge in [0.05, 0.1) is 0 Å². The summed E-state index contributed by atoms with van der Waals surface area (Å²) in [5.74, 6) is -0.724. The number of anilines is 1. The SMILES string of the molecule is CN(C(=O)CN1C(=O)NC(C)(c2ccc3c(c2)CCC3)C1=O)c1ccccc1. The molecule has 1 aliphatic carbocycles.